The maximum absolute atomic E-state index is 11.3. The number of hydrogen-bond donors (Lipinski definition) is 1. The Morgan fingerprint density at radius 3 is 2.71 bits per heavy atom. The molecule has 0 spiro atoms. The summed E-state index contributed by atoms with van der Waals surface area (Å²) >= 11 is 0. The van der Waals surface area contributed by atoms with Gasteiger partial charge in [-0.3, -0.25) is 4.79 Å². The molecule has 1 aromatic rings. The van der Waals surface area contributed by atoms with Gasteiger partial charge in [-0.25, -0.2) is 0 Å². The zero-order valence-corrected chi connectivity index (χ0v) is 8.42. The number of nitrogen functional groups attached to an aromatic ring is 1. The summed E-state index contributed by atoms with van der Waals surface area (Å²) in [6.07, 6.45) is 2.20. The molecule has 1 aromatic carbocycles. The SMILES string of the molecule is CC1=CC(=O)Cc2cc(C)c(N)cc21. The number of aryl methyl sites for hydroxylation is 1. The lowest BCUT2D eigenvalue weighted by molar-refractivity contribution is -0.114. The van der Waals surface area contributed by atoms with Gasteiger partial charge in [-0.2, -0.15) is 0 Å². The first-order chi connectivity index (χ1) is 6.58. The molecule has 0 radical (unpaired) electrons. The molecule has 0 saturated carbocycles. The number of ketones is 1. The molecule has 0 atom stereocenters. The Morgan fingerprint density at radius 1 is 1.29 bits per heavy atom. The Balaban J connectivity index is 2.64. The molecule has 0 unspecified atom stereocenters. The molecule has 0 aliphatic heterocycles. The molecule has 2 heteroatoms. The average Bonchev–Trinajstić information content (AvgIpc) is 2.08. The van der Waals surface area contributed by atoms with Crippen LogP contribution in [0.3, 0.4) is 0 Å². The van der Waals surface area contributed by atoms with Crippen molar-refractivity contribution in [2.24, 2.45) is 0 Å². The molecular formula is C12H13NO. The molecule has 0 fully saturated rings. The number of allylic oxidation sites excluding steroid dienone is 2. The van der Waals surface area contributed by atoms with Crippen LogP contribution < -0.4 is 5.73 Å². The Labute approximate surface area is 83.4 Å². The third-order valence-electron chi connectivity index (χ3n) is 2.66. The number of carbonyl (C=O) groups excluding carboxylic acids is 1. The normalized spacial score (nSPS) is 15.0. The van der Waals surface area contributed by atoms with Crippen LogP contribution in [0.1, 0.15) is 23.6 Å². The highest BCUT2D eigenvalue weighted by Gasteiger charge is 2.15. The summed E-state index contributed by atoms with van der Waals surface area (Å²) in [5.41, 5.74) is 10.9. The first-order valence-corrected chi connectivity index (χ1v) is 4.68. The molecular weight excluding hydrogens is 174 g/mol. The first kappa shape index (κ1) is 9.00. The highest BCUT2D eigenvalue weighted by Crippen LogP contribution is 2.28. The molecule has 2 nitrogen and oxygen atoms in total. The van der Waals surface area contributed by atoms with Gasteiger partial charge in [0.15, 0.2) is 5.78 Å². The first-order valence-electron chi connectivity index (χ1n) is 4.68. The Morgan fingerprint density at radius 2 is 2.00 bits per heavy atom. The largest absolute Gasteiger partial charge is 0.398 e. The summed E-state index contributed by atoms with van der Waals surface area (Å²) in [6, 6.07) is 3.97. The van der Waals surface area contributed by atoms with E-state index in [1.807, 2.05) is 26.0 Å². The van der Waals surface area contributed by atoms with Gasteiger partial charge < -0.3 is 5.73 Å². The van der Waals surface area contributed by atoms with Crippen LogP contribution in [0.4, 0.5) is 5.69 Å². The van der Waals surface area contributed by atoms with Crippen molar-refractivity contribution in [3.8, 4) is 0 Å². The maximum Gasteiger partial charge on any atom is 0.160 e. The molecule has 1 aliphatic rings. The molecule has 72 valence electrons. The minimum absolute atomic E-state index is 0.180. The fourth-order valence-electron chi connectivity index (χ4n) is 1.86. The standard InChI is InChI=1S/C12H13NO/c1-7-4-10(14)5-9-3-8(2)12(13)6-11(7)9/h3-4,6H,5,13H2,1-2H3. The zero-order valence-electron chi connectivity index (χ0n) is 8.42. The summed E-state index contributed by atoms with van der Waals surface area (Å²) in [6.45, 7) is 3.92. The van der Waals surface area contributed by atoms with Crippen LogP contribution in [0.25, 0.3) is 5.57 Å². The molecule has 0 heterocycles. The van der Waals surface area contributed by atoms with Crippen molar-refractivity contribution in [1.29, 1.82) is 0 Å². The van der Waals surface area contributed by atoms with E-state index in [2.05, 4.69) is 0 Å². The number of benzene rings is 1. The van der Waals surface area contributed by atoms with Crippen molar-refractivity contribution in [3.05, 3.63) is 34.9 Å². The summed E-state index contributed by atoms with van der Waals surface area (Å²) in [4.78, 5) is 11.3. The Bertz CT molecular complexity index is 444. The molecule has 2 rings (SSSR count). The van der Waals surface area contributed by atoms with Crippen LogP contribution in [-0.2, 0) is 11.2 Å². The Kier molecular flexibility index (Phi) is 1.92. The van der Waals surface area contributed by atoms with Crippen LogP contribution in [0, 0.1) is 6.92 Å². The van der Waals surface area contributed by atoms with Crippen LogP contribution in [0.2, 0.25) is 0 Å². The predicted molar refractivity (Wildman–Crippen MR) is 58.0 cm³/mol. The molecule has 0 amide bonds. The molecule has 1 aliphatic carbocycles. The third kappa shape index (κ3) is 1.33. The quantitative estimate of drug-likeness (QED) is 0.632. The van der Waals surface area contributed by atoms with E-state index >= 15 is 0 Å². The predicted octanol–water partition coefficient (Wildman–Crippen LogP) is 2.11. The monoisotopic (exact) mass is 187 g/mol. The fourth-order valence-corrected chi connectivity index (χ4v) is 1.86. The number of hydrogen-bond acceptors (Lipinski definition) is 2. The second-order valence-corrected chi connectivity index (χ2v) is 3.84. The van der Waals surface area contributed by atoms with E-state index in [-0.39, 0.29) is 5.78 Å². The van der Waals surface area contributed by atoms with Crippen LogP contribution in [0.15, 0.2) is 18.2 Å². The van der Waals surface area contributed by atoms with Gasteiger partial charge >= 0.3 is 0 Å². The van der Waals surface area contributed by atoms with Gasteiger partial charge in [-0.05, 0) is 48.3 Å². The van der Waals surface area contributed by atoms with Crippen molar-refractivity contribution < 1.29 is 4.79 Å². The highest BCUT2D eigenvalue weighted by molar-refractivity contribution is 6.01. The number of nitrogens with two attached hydrogens (primary N) is 1. The van der Waals surface area contributed by atoms with E-state index in [9.17, 15) is 4.79 Å². The van der Waals surface area contributed by atoms with Crippen LogP contribution in [0.5, 0.6) is 0 Å². The van der Waals surface area contributed by atoms with Crippen molar-refractivity contribution in [3.63, 3.8) is 0 Å². The third-order valence-corrected chi connectivity index (χ3v) is 2.66. The maximum atomic E-state index is 11.3. The number of fused-ring (bicyclic) bond motifs is 1. The second kappa shape index (κ2) is 2.98. The zero-order chi connectivity index (χ0) is 10.3. The van der Waals surface area contributed by atoms with E-state index in [4.69, 9.17) is 5.73 Å². The van der Waals surface area contributed by atoms with E-state index < -0.39 is 0 Å². The number of anilines is 1. The Hall–Kier alpha value is -1.57. The second-order valence-electron chi connectivity index (χ2n) is 3.84. The van der Waals surface area contributed by atoms with Crippen molar-refractivity contribution in [2.75, 3.05) is 5.73 Å². The minimum Gasteiger partial charge on any atom is -0.398 e. The lowest BCUT2D eigenvalue weighted by Crippen LogP contribution is -2.09. The van der Waals surface area contributed by atoms with Crippen LogP contribution >= 0.6 is 0 Å². The average molecular weight is 187 g/mol. The summed E-state index contributed by atoms with van der Waals surface area (Å²) in [7, 11) is 0. The van der Waals surface area contributed by atoms with Crippen molar-refractivity contribution in [1.82, 2.24) is 0 Å². The van der Waals surface area contributed by atoms with Gasteiger partial charge in [0.1, 0.15) is 0 Å². The van der Waals surface area contributed by atoms with Gasteiger partial charge in [0.25, 0.3) is 0 Å². The minimum atomic E-state index is 0.180. The van der Waals surface area contributed by atoms with E-state index in [0.717, 1.165) is 28.0 Å². The molecule has 2 N–H and O–H groups in total. The van der Waals surface area contributed by atoms with E-state index in [1.54, 1.807) is 6.08 Å². The fraction of sp³-hybridized carbons (Fsp3) is 0.250. The van der Waals surface area contributed by atoms with Crippen LogP contribution in [-0.4, -0.2) is 5.78 Å². The van der Waals surface area contributed by atoms with Gasteiger partial charge in [-0.15, -0.1) is 0 Å². The lowest BCUT2D eigenvalue weighted by Gasteiger charge is -2.16. The molecule has 0 saturated heterocycles. The molecule has 0 bridgehead atoms. The summed E-state index contributed by atoms with van der Waals surface area (Å²) < 4.78 is 0. The van der Waals surface area contributed by atoms with E-state index in [1.165, 1.54) is 0 Å². The van der Waals surface area contributed by atoms with Crippen molar-refractivity contribution >= 4 is 17.0 Å². The smallest absolute Gasteiger partial charge is 0.160 e. The topological polar surface area (TPSA) is 43.1 Å². The molecule has 14 heavy (non-hydrogen) atoms. The van der Waals surface area contributed by atoms with Gasteiger partial charge in [0.2, 0.25) is 0 Å². The molecule has 0 aromatic heterocycles. The highest BCUT2D eigenvalue weighted by atomic mass is 16.1. The van der Waals surface area contributed by atoms with Crippen molar-refractivity contribution in [2.45, 2.75) is 20.3 Å². The summed E-state index contributed by atoms with van der Waals surface area (Å²) in [5.74, 6) is 0.180. The lowest BCUT2D eigenvalue weighted by atomic mass is 9.89. The number of carbonyl (C=O) groups is 1. The number of rotatable bonds is 0. The van der Waals surface area contributed by atoms with Gasteiger partial charge in [0, 0.05) is 12.1 Å². The summed E-state index contributed by atoms with van der Waals surface area (Å²) in [5, 5.41) is 0. The van der Waals surface area contributed by atoms with Gasteiger partial charge in [0.05, 0.1) is 0 Å². The van der Waals surface area contributed by atoms with Gasteiger partial charge in [-0.1, -0.05) is 6.07 Å². The van der Waals surface area contributed by atoms with E-state index in [0.29, 0.717) is 6.42 Å².